The van der Waals surface area contributed by atoms with Crippen LogP contribution in [0, 0.1) is 15.0 Å². The first-order chi connectivity index (χ1) is 9.40. The standard InChI is InChI=1S/C13H17BrClIN4/c1-7(17)9(11(14)18-6-8-3-4-8)5-10-12(15)20(2)19-13(10)16/h8,17-18H,3-6H2,1-2H3/b11-9-,17-7?. The molecule has 0 bridgehead atoms. The SMILES string of the molecule is CC(=N)/C(Cc1c(I)nn(C)c1Cl)=C(/Br)NCC1CC1. The van der Waals surface area contributed by atoms with E-state index < -0.39 is 0 Å². The van der Waals surface area contributed by atoms with Crippen molar-refractivity contribution in [2.24, 2.45) is 13.0 Å². The van der Waals surface area contributed by atoms with Crippen molar-refractivity contribution in [3.8, 4) is 0 Å². The molecular formula is C13H17BrClIN4. The molecule has 0 aromatic carbocycles. The fourth-order valence-electron chi connectivity index (χ4n) is 1.88. The summed E-state index contributed by atoms with van der Waals surface area (Å²) < 4.78 is 3.45. The van der Waals surface area contributed by atoms with E-state index >= 15 is 0 Å². The van der Waals surface area contributed by atoms with Gasteiger partial charge >= 0.3 is 0 Å². The summed E-state index contributed by atoms with van der Waals surface area (Å²) in [6, 6.07) is 0. The highest BCUT2D eigenvalue weighted by molar-refractivity contribution is 14.1. The third-order valence-electron chi connectivity index (χ3n) is 3.33. The van der Waals surface area contributed by atoms with E-state index in [0.29, 0.717) is 17.3 Å². The second-order valence-corrected chi connectivity index (χ2v) is 7.28. The van der Waals surface area contributed by atoms with E-state index in [0.717, 1.165) is 31.9 Å². The van der Waals surface area contributed by atoms with Gasteiger partial charge in [-0.2, -0.15) is 5.10 Å². The van der Waals surface area contributed by atoms with Gasteiger partial charge in [-0.1, -0.05) is 11.6 Å². The van der Waals surface area contributed by atoms with E-state index in [1.807, 2.05) is 7.05 Å². The van der Waals surface area contributed by atoms with Crippen LogP contribution in [0.1, 0.15) is 25.3 Å². The Hall–Kier alpha value is -0.0800. The summed E-state index contributed by atoms with van der Waals surface area (Å²) in [5.41, 5.74) is 2.44. The van der Waals surface area contributed by atoms with Gasteiger partial charge in [-0.15, -0.1) is 0 Å². The zero-order chi connectivity index (χ0) is 14.9. The summed E-state index contributed by atoms with van der Waals surface area (Å²) in [6.45, 7) is 2.77. The fraction of sp³-hybridized carbons (Fsp3) is 0.538. The van der Waals surface area contributed by atoms with Crippen molar-refractivity contribution < 1.29 is 0 Å². The Morgan fingerprint density at radius 3 is 2.70 bits per heavy atom. The van der Waals surface area contributed by atoms with Gasteiger partial charge in [-0.25, -0.2) is 0 Å². The van der Waals surface area contributed by atoms with Crippen LogP contribution in [0.3, 0.4) is 0 Å². The summed E-state index contributed by atoms with van der Waals surface area (Å²) in [5, 5.41) is 16.3. The van der Waals surface area contributed by atoms with Crippen molar-refractivity contribution in [3.63, 3.8) is 0 Å². The summed E-state index contributed by atoms with van der Waals surface area (Å²) >= 11 is 12.0. The number of aryl methyl sites for hydroxylation is 1. The van der Waals surface area contributed by atoms with E-state index in [-0.39, 0.29) is 0 Å². The lowest BCUT2D eigenvalue weighted by Crippen LogP contribution is -2.17. The molecule has 0 spiro atoms. The van der Waals surface area contributed by atoms with Crippen LogP contribution < -0.4 is 5.32 Å². The topological polar surface area (TPSA) is 53.7 Å². The normalized spacial score (nSPS) is 16.1. The minimum Gasteiger partial charge on any atom is -0.379 e. The van der Waals surface area contributed by atoms with Gasteiger partial charge < -0.3 is 10.7 Å². The second kappa shape index (κ2) is 6.79. The third-order valence-corrected chi connectivity index (χ3v) is 5.43. The van der Waals surface area contributed by atoms with Gasteiger partial charge in [0.05, 0.1) is 4.61 Å². The molecule has 0 unspecified atom stereocenters. The second-order valence-electron chi connectivity index (χ2n) is 5.10. The predicted molar refractivity (Wildman–Crippen MR) is 94.7 cm³/mol. The summed E-state index contributed by atoms with van der Waals surface area (Å²) in [7, 11) is 1.83. The Bertz CT molecular complexity index is 563. The van der Waals surface area contributed by atoms with E-state index in [9.17, 15) is 0 Å². The first kappa shape index (κ1) is 16.3. The van der Waals surface area contributed by atoms with Crippen molar-refractivity contribution in [1.29, 1.82) is 5.41 Å². The van der Waals surface area contributed by atoms with Gasteiger partial charge in [0, 0.05) is 36.9 Å². The number of allylic oxidation sites excluding steroid dienone is 1. The average Bonchev–Trinajstić information content (AvgIpc) is 3.15. The summed E-state index contributed by atoms with van der Waals surface area (Å²) in [5.74, 6) is 0.789. The van der Waals surface area contributed by atoms with Crippen LogP contribution in [-0.2, 0) is 13.5 Å². The molecule has 1 aliphatic rings. The highest BCUT2D eigenvalue weighted by Gasteiger charge is 2.22. The Balaban J connectivity index is 2.19. The van der Waals surface area contributed by atoms with Crippen LogP contribution >= 0.6 is 50.1 Å². The van der Waals surface area contributed by atoms with Crippen molar-refractivity contribution >= 4 is 55.8 Å². The molecule has 0 saturated heterocycles. The number of nitrogens with one attached hydrogen (secondary N) is 2. The summed E-state index contributed by atoms with van der Waals surface area (Å²) in [6.07, 6.45) is 3.22. The van der Waals surface area contributed by atoms with Gasteiger partial charge in [0.1, 0.15) is 8.85 Å². The van der Waals surface area contributed by atoms with Gasteiger partial charge in [0.15, 0.2) is 0 Å². The molecule has 1 heterocycles. The molecule has 0 amide bonds. The molecule has 0 aliphatic heterocycles. The minimum atomic E-state index is 0.538. The molecule has 110 valence electrons. The monoisotopic (exact) mass is 470 g/mol. The largest absolute Gasteiger partial charge is 0.379 e. The Labute approximate surface area is 146 Å². The fourth-order valence-corrected chi connectivity index (χ4v) is 3.60. The summed E-state index contributed by atoms with van der Waals surface area (Å²) in [4.78, 5) is 0. The lowest BCUT2D eigenvalue weighted by molar-refractivity contribution is 0.738. The Kier molecular flexibility index (Phi) is 5.53. The number of aromatic nitrogens is 2. The van der Waals surface area contributed by atoms with Gasteiger partial charge in [0.2, 0.25) is 0 Å². The van der Waals surface area contributed by atoms with Crippen LogP contribution in [0.25, 0.3) is 0 Å². The van der Waals surface area contributed by atoms with E-state index in [4.69, 9.17) is 17.0 Å². The number of hydrogen-bond acceptors (Lipinski definition) is 3. The molecule has 1 fully saturated rings. The van der Waals surface area contributed by atoms with E-state index in [1.54, 1.807) is 11.6 Å². The quantitative estimate of drug-likeness (QED) is 0.376. The molecule has 1 aliphatic carbocycles. The lowest BCUT2D eigenvalue weighted by Gasteiger charge is -2.12. The van der Waals surface area contributed by atoms with Crippen molar-refractivity contribution in [3.05, 3.63) is 24.6 Å². The molecule has 1 saturated carbocycles. The van der Waals surface area contributed by atoms with Gasteiger partial charge in [-0.3, -0.25) is 4.68 Å². The highest BCUT2D eigenvalue weighted by Crippen LogP contribution is 2.29. The smallest absolute Gasteiger partial charge is 0.131 e. The highest BCUT2D eigenvalue weighted by atomic mass is 127. The Morgan fingerprint density at radius 2 is 2.25 bits per heavy atom. The maximum Gasteiger partial charge on any atom is 0.131 e. The predicted octanol–water partition coefficient (Wildman–Crippen LogP) is 3.87. The van der Waals surface area contributed by atoms with Gasteiger partial charge in [-0.05, 0) is 64.2 Å². The molecule has 20 heavy (non-hydrogen) atoms. The zero-order valence-corrected chi connectivity index (χ0v) is 15.9. The van der Waals surface area contributed by atoms with E-state index in [1.165, 1.54) is 12.8 Å². The molecule has 1 aromatic rings. The Morgan fingerprint density at radius 1 is 1.60 bits per heavy atom. The van der Waals surface area contributed by atoms with E-state index in [2.05, 4.69) is 48.9 Å². The van der Waals surface area contributed by atoms with Crippen LogP contribution in [-0.4, -0.2) is 22.0 Å². The first-order valence-electron chi connectivity index (χ1n) is 6.45. The maximum absolute atomic E-state index is 7.98. The maximum atomic E-state index is 7.98. The van der Waals surface area contributed by atoms with Crippen molar-refractivity contribution in [1.82, 2.24) is 15.1 Å². The zero-order valence-electron chi connectivity index (χ0n) is 11.4. The number of rotatable bonds is 6. The van der Waals surface area contributed by atoms with Crippen LogP contribution in [0.15, 0.2) is 10.2 Å². The molecule has 0 radical (unpaired) electrons. The molecule has 0 atom stereocenters. The van der Waals surface area contributed by atoms with Crippen molar-refractivity contribution in [2.45, 2.75) is 26.2 Å². The number of nitrogens with zero attached hydrogens (tertiary/aromatic N) is 2. The minimum absolute atomic E-state index is 0.538. The van der Waals surface area contributed by atoms with Gasteiger partial charge in [0.25, 0.3) is 0 Å². The third kappa shape index (κ3) is 3.98. The number of hydrogen-bond donors (Lipinski definition) is 2. The first-order valence-corrected chi connectivity index (χ1v) is 8.70. The lowest BCUT2D eigenvalue weighted by atomic mass is 10.1. The van der Waals surface area contributed by atoms with Crippen molar-refractivity contribution in [2.75, 3.05) is 6.54 Å². The molecular weight excluding hydrogens is 454 g/mol. The van der Waals surface area contributed by atoms with Crippen LogP contribution in [0.4, 0.5) is 0 Å². The molecule has 1 aromatic heterocycles. The molecule has 2 rings (SSSR count). The van der Waals surface area contributed by atoms with Crippen LogP contribution in [0.2, 0.25) is 5.15 Å². The van der Waals surface area contributed by atoms with Crippen LogP contribution in [0.5, 0.6) is 0 Å². The number of halogens is 3. The molecule has 7 heteroatoms. The molecule has 2 N–H and O–H groups in total. The average molecular weight is 472 g/mol. The molecule has 4 nitrogen and oxygen atoms in total.